The van der Waals surface area contributed by atoms with E-state index in [0.717, 1.165) is 0 Å². The van der Waals surface area contributed by atoms with E-state index in [-0.39, 0.29) is 17.9 Å². The molecule has 2 aromatic rings. The molecule has 0 saturated carbocycles. The number of nitrogens with one attached hydrogen (secondary N) is 1. The fourth-order valence-corrected chi connectivity index (χ4v) is 2.01. The first-order valence-electron chi connectivity index (χ1n) is 5.31. The molecule has 1 aromatic heterocycles. The lowest BCUT2D eigenvalue weighted by molar-refractivity contribution is -0.177. The second-order valence-corrected chi connectivity index (χ2v) is 4.46. The lowest BCUT2D eigenvalue weighted by Crippen LogP contribution is -2.37. The van der Waals surface area contributed by atoms with E-state index in [4.69, 9.17) is 0 Å². The number of aliphatic hydroxyl groups is 2. The Morgan fingerprint density at radius 1 is 1.29 bits per heavy atom. The van der Waals surface area contributed by atoms with E-state index in [1.165, 1.54) is 12.3 Å². The molecule has 0 unspecified atom stereocenters. The average molecular weight is 236 g/mol. The molecule has 17 heavy (non-hydrogen) atoms. The number of phenolic OH excluding ortho intramolecular Hbond substituents is 1. The number of hydrogen-bond acceptors (Lipinski definition) is 4. The van der Waals surface area contributed by atoms with Crippen molar-refractivity contribution in [2.24, 2.45) is 0 Å². The number of nitrogens with zero attached hydrogens (tertiary/aromatic N) is 1. The van der Waals surface area contributed by atoms with Crippen LogP contribution in [0.25, 0.3) is 10.9 Å². The van der Waals surface area contributed by atoms with E-state index in [9.17, 15) is 15.3 Å². The van der Waals surface area contributed by atoms with E-state index in [2.05, 4.69) is 4.98 Å². The number of hydrogen-bond donors (Lipinski definition) is 4. The molecule has 0 saturated heterocycles. The predicted molar refractivity (Wildman–Crippen MR) is 64.6 cm³/mol. The smallest absolute Gasteiger partial charge is 0.205 e. The van der Waals surface area contributed by atoms with Crippen LogP contribution in [0.3, 0.4) is 0 Å². The van der Waals surface area contributed by atoms with Crippen LogP contribution in [-0.2, 0) is 5.79 Å². The van der Waals surface area contributed by atoms with Crippen LogP contribution in [0.1, 0.15) is 5.56 Å². The van der Waals surface area contributed by atoms with Gasteiger partial charge in [-0.1, -0.05) is 6.07 Å². The second kappa shape index (κ2) is 4.03. The Labute approximate surface area is 98.9 Å². The Bertz CT molecular complexity index is 532. The van der Waals surface area contributed by atoms with Crippen LogP contribution in [0.5, 0.6) is 5.75 Å². The highest BCUT2D eigenvalue weighted by Gasteiger charge is 2.30. The quantitative estimate of drug-likeness (QED) is 0.587. The van der Waals surface area contributed by atoms with Crippen LogP contribution < -0.4 is 0 Å². The van der Waals surface area contributed by atoms with Gasteiger partial charge in [-0.2, -0.15) is 0 Å². The third-order valence-electron chi connectivity index (χ3n) is 2.65. The average Bonchev–Trinajstić information content (AvgIpc) is 2.61. The Balaban J connectivity index is 2.55. The maximum absolute atomic E-state index is 10.1. The summed E-state index contributed by atoms with van der Waals surface area (Å²) in [7, 11) is 3.49. The van der Waals surface area contributed by atoms with Crippen LogP contribution in [-0.4, -0.2) is 45.8 Å². The molecule has 1 aromatic carbocycles. The van der Waals surface area contributed by atoms with Gasteiger partial charge in [0.1, 0.15) is 5.75 Å². The van der Waals surface area contributed by atoms with E-state index >= 15 is 0 Å². The van der Waals surface area contributed by atoms with E-state index in [1.807, 2.05) is 0 Å². The molecule has 2 rings (SSSR count). The maximum atomic E-state index is 10.1. The van der Waals surface area contributed by atoms with Gasteiger partial charge in [-0.3, -0.25) is 0 Å². The number of rotatable bonds is 3. The fraction of sp³-hybridized carbons (Fsp3) is 0.333. The predicted octanol–water partition coefficient (Wildman–Crippen LogP) is 0.572. The van der Waals surface area contributed by atoms with Crippen LogP contribution in [0.4, 0.5) is 0 Å². The highest BCUT2D eigenvalue weighted by Crippen LogP contribution is 2.33. The first kappa shape index (κ1) is 11.9. The minimum absolute atomic E-state index is 0.0324. The van der Waals surface area contributed by atoms with Gasteiger partial charge >= 0.3 is 0 Å². The summed E-state index contributed by atoms with van der Waals surface area (Å²) >= 11 is 0. The number of likely N-dealkylation sites (N-methyl/N-ethyl adjacent to an activating group) is 1. The third-order valence-corrected chi connectivity index (χ3v) is 2.65. The largest absolute Gasteiger partial charge is 0.507 e. The molecule has 4 N–H and O–H groups in total. The number of aromatic nitrogens is 1. The molecule has 5 nitrogen and oxygen atoms in total. The minimum atomic E-state index is -2.00. The number of phenols is 1. The topological polar surface area (TPSA) is 79.7 Å². The number of aromatic amines is 1. The molecular formula is C12H16N2O3. The van der Waals surface area contributed by atoms with Crippen molar-refractivity contribution >= 4 is 10.9 Å². The summed E-state index contributed by atoms with van der Waals surface area (Å²) in [6.07, 6.45) is 1.51. The molecule has 0 atom stereocenters. The standard InChI is InChI=1S/C12H16N2O3/c1-14(2)7-12(16,17)8-6-13-9-4-3-5-10(15)11(8)9/h3-6,13,15-17H,7H2,1-2H3. The third kappa shape index (κ3) is 2.12. The Morgan fingerprint density at radius 3 is 2.65 bits per heavy atom. The maximum Gasteiger partial charge on any atom is 0.205 e. The zero-order chi connectivity index (χ0) is 12.6. The van der Waals surface area contributed by atoms with Gasteiger partial charge in [0.25, 0.3) is 0 Å². The molecule has 5 heteroatoms. The van der Waals surface area contributed by atoms with Crippen molar-refractivity contribution < 1.29 is 15.3 Å². The van der Waals surface area contributed by atoms with Crippen molar-refractivity contribution in [2.75, 3.05) is 20.6 Å². The van der Waals surface area contributed by atoms with Crippen molar-refractivity contribution in [3.8, 4) is 5.75 Å². The molecule has 0 aliphatic heterocycles. The zero-order valence-electron chi connectivity index (χ0n) is 9.81. The van der Waals surface area contributed by atoms with E-state index in [0.29, 0.717) is 10.9 Å². The molecule has 0 aliphatic rings. The summed E-state index contributed by atoms with van der Waals surface area (Å²) in [4.78, 5) is 4.58. The number of benzene rings is 1. The SMILES string of the molecule is CN(C)CC(O)(O)c1c[nH]c2cccc(O)c12. The Kier molecular flexibility index (Phi) is 2.82. The van der Waals surface area contributed by atoms with Gasteiger partial charge < -0.3 is 25.2 Å². The van der Waals surface area contributed by atoms with E-state index < -0.39 is 5.79 Å². The molecule has 1 heterocycles. The highest BCUT2D eigenvalue weighted by molar-refractivity contribution is 5.89. The number of H-pyrrole nitrogens is 1. The molecule has 0 aliphatic carbocycles. The summed E-state index contributed by atoms with van der Waals surface area (Å²) < 4.78 is 0. The molecule has 0 amide bonds. The molecule has 0 spiro atoms. The zero-order valence-corrected chi connectivity index (χ0v) is 9.81. The second-order valence-electron chi connectivity index (χ2n) is 4.46. The molecule has 0 fully saturated rings. The number of aromatic hydroxyl groups is 1. The Hall–Kier alpha value is -1.56. The molecular weight excluding hydrogens is 220 g/mol. The van der Waals surface area contributed by atoms with Gasteiger partial charge in [0, 0.05) is 22.7 Å². The summed E-state index contributed by atoms with van der Waals surface area (Å²) in [6.45, 7) is 0.0499. The first-order chi connectivity index (χ1) is 7.92. The van der Waals surface area contributed by atoms with E-state index in [1.54, 1.807) is 31.1 Å². The van der Waals surface area contributed by atoms with Gasteiger partial charge in [0.05, 0.1) is 6.54 Å². The highest BCUT2D eigenvalue weighted by atomic mass is 16.5. The Morgan fingerprint density at radius 2 is 2.00 bits per heavy atom. The normalized spacial score (nSPS) is 12.5. The molecule has 0 radical (unpaired) electrons. The minimum Gasteiger partial charge on any atom is -0.507 e. The monoisotopic (exact) mass is 236 g/mol. The van der Waals surface area contributed by atoms with Gasteiger partial charge in [-0.15, -0.1) is 0 Å². The van der Waals surface area contributed by atoms with Gasteiger partial charge in [0.2, 0.25) is 5.79 Å². The van der Waals surface area contributed by atoms with Gasteiger partial charge in [-0.25, -0.2) is 0 Å². The van der Waals surface area contributed by atoms with Crippen LogP contribution in [0, 0.1) is 0 Å². The summed E-state index contributed by atoms with van der Waals surface area (Å²) in [5.41, 5.74) is 0.950. The summed E-state index contributed by atoms with van der Waals surface area (Å²) in [5.74, 6) is -1.97. The summed E-state index contributed by atoms with van der Waals surface area (Å²) in [6, 6.07) is 4.98. The van der Waals surface area contributed by atoms with Crippen LogP contribution in [0.15, 0.2) is 24.4 Å². The molecule has 92 valence electrons. The lowest BCUT2D eigenvalue weighted by Gasteiger charge is -2.25. The van der Waals surface area contributed by atoms with Gasteiger partial charge in [-0.05, 0) is 26.2 Å². The van der Waals surface area contributed by atoms with Gasteiger partial charge in [0.15, 0.2) is 0 Å². The van der Waals surface area contributed by atoms with Crippen LogP contribution in [0.2, 0.25) is 0 Å². The first-order valence-corrected chi connectivity index (χ1v) is 5.31. The lowest BCUT2D eigenvalue weighted by atomic mass is 10.0. The number of fused-ring (bicyclic) bond motifs is 1. The van der Waals surface area contributed by atoms with Crippen molar-refractivity contribution in [1.82, 2.24) is 9.88 Å². The van der Waals surface area contributed by atoms with Crippen molar-refractivity contribution in [3.05, 3.63) is 30.0 Å². The van der Waals surface area contributed by atoms with Crippen molar-refractivity contribution in [2.45, 2.75) is 5.79 Å². The van der Waals surface area contributed by atoms with Crippen LogP contribution >= 0.6 is 0 Å². The molecule has 0 bridgehead atoms. The summed E-state index contributed by atoms with van der Waals surface area (Å²) in [5, 5.41) is 30.3. The van der Waals surface area contributed by atoms with Crippen molar-refractivity contribution in [1.29, 1.82) is 0 Å². The fourth-order valence-electron chi connectivity index (χ4n) is 2.01. The van der Waals surface area contributed by atoms with Crippen molar-refractivity contribution in [3.63, 3.8) is 0 Å².